The van der Waals surface area contributed by atoms with Crippen LogP contribution in [0.1, 0.15) is 25.1 Å². The number of hydrogen-bond acceptors (Lipinski definition) is 2. The fraction of sp³-hybridized carbons (Fsp3) is 0.100. The first kappa shape index (κ1) is 17.3. The van der Waals surface area contributed by atoms with Gasteiger partial charge in [-0.2, -0.15) is 0 Å². The van der Waals surface area contributed by atoms with Crippen molar-refractivity contribution in [2.75, 3.05) is 0 Å². The van der Waals surface area contributed by atoms with Crippen LogP contribution in [0.25, 0.3) is 5.57 Å². The van der Waals surface area contributed by atoms with Gasteiger partial charge in [-0.3, -0.25) is 9.98 Å². The number of aromatic nitrogens is 1. The minimum Gasteiger partial charge on any atom is -0.257 e. The number of aliphatic imine (C=N–C) groups is 1. The summed E-state index contributed by atoms with van der Waals surface area (Å²) in [4.78, 5) is 8.89. The van der Waals surface area contributed by atoms with Crippen LogP contribution in [0, 0.1) is 0 Å². The first-order valence-corrected chi connectivity index (χ1v) is 7.17. The van der Waals surface area contributed by atoms with E-state index in [1.54, 1.807) is 24.5 Å². The van der Waals surface area contributed by atoms with E-state index in [2.05, 4.69) is 23.1 Å². The van der Waals surface area contributed by atoms with Gasteiger partial charge in [-0.05, 0) is 32.1 Å². The minimum absolute atomic E-state index is 0.869. The van der Waals surface area contributed by atoms with Gasteiger partial charge in [-0.15, -0.1) is 0 Å². The highest BCUT2D eigenvalue weighted by Gasteiger charge is 2.04. The second-order valence-electron chi connectivity index (χ2n) is 4.38. The number of nitrogens with zero attached hydrogens (tertiary/aromatic N) is 2. The fourth-order valence-electron chi connectivity index (χ4n) is 1.80. The van der Waals surface area contributed by atoms with Crippen LogP contribution >= 0.6 is 0 Å². The Balaban J connectivity index is 3.32. The van der Waals surface area contributed by atoms with Gasteiger partial charge < -0.3 is 0 Å². The molecule has 1 rings (SSSR count). The van der Waals surface area contributed by atoms with Crippen molar-refractivity contribution >= 4 is 11.3 Å². The maximum Gasteiger partial charge on any atom is 0.0708 e. The highest BCUT2D eigenvalue weighted by Crippen LogP contribution is 2.16. The van der Waals surface area contributed by atoms with Crippen LogP contribution in [0.3, 0.4) is 0 Å². The zero-order chi connectivity index (χ0) is 16.2. The van der Waals surface area contributed by atoms with Gasteiger partial charge in [0.25, 0.3) is 0 Å². The van der Waals surface area contributed by atoms with E-state index in [1.165, 1.54) is 0 Å². The van der Waals surface area contributed by atoms with E-state index in [4.69, 9.17) is 0 Å². The molecule has 0 aliphatic rings. The summed E-state index contributed by atoms with van der Waals surface area (Å²) in [7, 11) is 0. The molecule has 0 saturated carbocycles. The molecule has 1 heterocycles. The summed E-state index contributed by atoms with van der Waals surface area (Å²) in [5, 5.41) is 0. The molecule has 0 spiro atoms. The summed E-state index contributed by atoms with van der Waals surface area (Å²) in [6, 6.07) is 3.97. The van der Waals surface area contributed by atoms with Crippen molar-refractivity contribution in [1.29, 1.82) is 0 Å². The molecular formula is C20H22N2. The third-order valence-electron chi connectivity index (χ3n) is 2.75. The van der Waals surface area contributed by atoms with Crippen molar-refractivity contribution in [1.82, 2.24) is 4.98 Å². The average molecular weight is 290 g/mol. The molecule has 0 saturated heterocycles. The Kier molecular flexibility index (Phi) is 7.91. The monoisotopic (exact) mass is 290 g/mol. The topological polar surface area (TPSA) is 25.2 Å². The van der Waals surface area contributed by atoms with Gasteiger partial charge >= 0.3 is 0 Å². The van der Waals surface area contributed by atoms with Crippen molar-refractivity contribution in [3.8, 4) is 0 Å². The summed E-state index contributed by atoms with van der Waals surface area (Å²) >= 11 is 0. The zero-order valence-corrected chi connectivity index (χ0v) is 13.2. The quantitative estimate of drug-likeness (QED) is 0.494. The largest absolute Gasteiger partial charge is 0.257 e. The van der Waals surface area contributed by atoms with Crippen molar-refractivity contribution in [3.05, 3.63) is 97.6 Å². The molecule has 0 bridgehead atoms. The molecule has 112 valence electrons. The normalized spacial score (nSPS) is 13.4. The number of allylic oxidation sites excluding steroid dienone is 9. The Morgan fingerprint density at radius 1 is 1.14 bits per heavy atom. The summed E-state index contributed by atoms with van der Waals surface area (Å²) in [6.07, 6.45) is 18.7. The summed E-state index contributed by atoms with van der Waals surface area (Å²) < 4.78 is 0. The predicted molar refractivity (Wildman–Crippen MR) is 97.9 cm³/mol. The van der Waals surface area contributed by atoms with Gasteiger partial charge in [-0.1, -0.05) is 55.7 Å². The molecule has 0 aromatic carbocycles. The maximum atomic E-state index is 4.46. The lowest BCUT2D eigenvalue weighted by Crippen LogP contribution is -1.99. The number of pyridine rings is 1. The predicted octanol–water partition coefficient (Wildman–Crippen LogP) is 5.29. The molecule has 0 atom stereocenters. The second-order valence-corrected chi connectivity index (χ2v) is 4.38. The lowest BCUT2D eigenvalue weighted by molar-refractivity contribution is 1.27. The second kappa shape index (κ2) is 10.1. The zero-order valence-electron chi connectivity index (χ0n) is 13.2. The van der Waals surface area contributed by atoms with E-state index in [-0.39, 0.29) is 0 Å². The Morgan fingerprint density at radius 2 is 1.95 bits per heavy atom. The number of rotatable bonds is 7. The third-order valence-corrected chi connectivity index (χ3v) is 2.75. The van der Waals surface area contributed by atoms with Crippen LogP contribution in [-0.4, -0.2) is 10.7 Å². The van der Waals surface area contributed by atoms with E-state index in [0.29, 0.717) is 0 Å². The molecule has 0 aliphatic carbocycles. The molecule has 0 amide bonds. The molecule has 2 heteroatoms. The first-order valence-electron chi connectivity index (χ1n) is 7.17. The van der Waals surface area contributed by atoms with Gasteiger partial charge in [0.1, 0.15) is 0 Å². The molecular weight excluding hydrogens is 268 g/mol. The van der Waals surface area contributed by atoms with Gasteiger partial charge in [0.2, 0.25) is 0 Å². The fourth-order valence-corrected chi connectivity index (χ4v) is 1.80. The van der Waals surface area contributed by atoms with Gasteiger partial charge in [0.15, 0.2) is 0 Å². The molecule has 2 nitrogen and oxygen atoms in total. The molecule has 0 radical (unpaired) electrons. The van der Waals surface area contributed by atoms with Crippen LogP contribution in [-0.2, 0) is 0 Å². The van der Waals surface area contributed by atoms with E-state index in [0.717, 1.165) is 22.5 Å². The Morgan fingerprint density at radius 3 is 2.59 bits per heavy atom. The third kappa shape index (κ3) is 5.33. The van der Waals surface area contributed by atoms with Gasteiger partial charge in [0, 0.05) is 23.5 Å². The van der Waals surface area contributed by atoms with Crippen molar-refractivity contribution in [2.45, 2.75) is 13.8 Å². The molecule has 0 unspecified atom stereocenters. The Hall–Kier alpha value is -2.74. The van der Waals surface area contributed by atoms with Gasteiger partial charge in [0.05, 0.1) is 11.4 Å². The molecule has 1 aromatic heterocycles. The van der Waals surface area contributed by atoms with Crippen LogP contribution in [0.4, 0.5) is 0 Å². The highest BCUT2D eigenvalue weighted by atomic mass is 14.7. The standard InChI is InChI=1S/C20H22N2/c1-5-9-12-17(10-6-2)20-16-18(13-15-22-20)19(11-7-3)21-14-8-4/h5-16H,1-2H2,3-4H3/b11-7-,12-9-,14-8-,17-10+,21-19+. The Bertz CT molecular complexity index is 639. The highest BCUT2D eigenvalue weighted by molar-refractivity contribution is 6.09. The van der Waals surface area contributed by atoms with E-state index < -0.39 is 0 Å². The van der Waals surface area contributed by atoms with Crippen LogP contribution < -0.4 is 0 Å². The van der Waals surface area contributed by atoms with Crippen LogP contribution in [0.2, 0.25) is 0 Å². The molecule has 22 heavy (non-hydrogen) atoms. The summed E-state index contributed by atoms with van der Waals surface area (Å²) in [5.74, 6) is 0. The van der Waals surface area contributed by atoms with Crippen molar-refractivity contribution in [2.24, 2.45) is 4.99 Å². The SMILES string of the molecule is C=C/C=C\C(=C/C=C)c1cc(C(/C=C\C)=N/C=C\C)ccn1. The van der Waals surface area contributed by atoms with Crippen molar-refractivity contribution < 1.29 is 0 Å². The lowest BCUT2D eigenvalue weighted by atomic mass is 10.1. The molecule has 0 N–H and O–H groups in total. The smallest absolute Gasteiger partial charge is 0.0708 e. The maximum absolute atomic E-state index is 4.46. The van der Waals surface area contributed by atoms with Gasteiger partial charge in [-0.25, -0.2) is 0 Å². The van der Waals surface area contributed by atoms with E-state index >= 15 is 0 Å². The molecule has 0 aliphatic heterocycles. The van der Waals surface area contributed by atoms with E-state index in [9.17, 15) is 0 Å². The van der Waals surface area contributed by atoms with Crippen molar-refractivity contribution in [3.63, 3.8) is 0 Å². The van der Waals surface area contributed by atoms with Crippen LogP contribution in [0.15, 0.2) is 91.3 Å². The van der Waals surface area contributed by atoms with E-state index in [1.807, 2.05) is 62.4 Å². The first-order chi connectivity index (χ1) is 10.8. The average Bonchev–Trinajstić information content (AvgIpc) is 2.55. The minimum atomic E-state index is 0.869. The number of hydrogen-bond donors (Lipinski definition) is 0. The lowest BCUT2D eigenvalue weighted by Gasteiger charge is -2.05. The summed E-state index contributed by atoms with van der Waals surface area (Å²) in [6.45, 7) is 11.4. The molecule has 1 aromatic rings. The van der Waals surface area contributed by atoms with Crippen LogP contribution in [0.5, 0.6) is 0 Å². The summed E-state index contributed by atoms with van der Waals surface area (Å²) in [5.41, 5.74) is 3.76. The molecule has 0 fully saturated rings. The Labute approximate surface area is 133 Å².